The second-order valence-electron chi connectivity index (χ2n) is 4.17. The fourth-order valence-electron chi connectivity index (χ4n) is 1.52. The van der Waals surface area contributed by atoms with Crippen LogP contribution in [0.2, 0.25) is 0 Å². The van der Waals surface area contributed by atoms with Crippen LogP contribution in [0.5, 0.6) is 0 Å². The molecule has 1 heterocycles. The van der Waals surface area contributed by atoms with Gasteiger partial charge in [0.1, 0.15) is 0 Å². The van der Waals surface area contributed by atoms with Crippen molar-refractivity contribution in [2.45, 2.75) is 11.1 Å². The highest BCUT2D eigenvalue weighted by atomic mass is 32.2. The average Bonchev–Trinajstić information content (AvgIpc) is 2.68. The molecule has 0 amide bonds. The number of carbonyl (C=O) groups is 1. The summed E-state index contributed by atoms with van der Waals surface area (Å²) in [6, 6.07) is 5.48. The molecule has 7 heteroatoms. The topological polar surface area (TPSA) is 32.3 Å². The molecule has 0 fully saturated rings. The molecule has 102 valence electrons. The summed E-state index contributed by atoms with van der Waals surface area (Å²) in [5.41, 5.74) is 1.65. The molecule has 1 aliphatic rings. The van der Waals surface area contributed by atoms with Crippen molar-refractivity contribution in [3.05, 3.63) is 29.3 Å². The van der Waals surface area contributed by atoms with E-state index in [1.54, 1.807) is 6.07 Å². The van der Waals surface area contributed by atoms with Crippen LogP contribution in [0.3, 0.4) is 0 Å². The van der Waals surface area contributed by atoms with Crippen LogP contribution in [-0.4, -0.2) is 26.1 Å². The molecule has 19 heavy (non-hydrogen) atoms. The number of nitrogens with one attached hydrogen (secondary N) is 1. The predicted molar refractivity (Wildman–Crippen MR) is 69.4 cm³/mol. The molecule has 0 saturated carbocycles. The van der Waals surface area contributed by atoms with Crippen molar-refractivity contribution >= 4 is 28.9 Å². The normalized spacial score (nSPS) is 16.2. The van der Waals surface area contributed by atoms with Gasteiger partial charge in [-0.3, -0.25) is 4.79 Å². The van der Waals surface area contributed by atoms with Crippen molar-refractivity contribution in [3.63, 3.8) is 0 Å². The van der Waals surface area contributed by atoms with Crippen LogP contribution in [0, 0.1) is 0 Å². The van der Waals surface area contributed by atoms with Gasteiger partial charge in [-0.15, -0.1) is 0 Å². The Kier molecular flexibility index (Phi) is 3.49. The molecule has 1 aliphatic heterocycles. The van der Waals surface area contributed by atoms with E-state index in [4.69, 9.17) is 0 Å². The van der Waals surface area contributed by atoms with Crippen molar-refractivity contribution in [1.29, 1.82) is 0 Å². The zero-order valence-corrected chi connectivity index (χ0v) is 11.0. The molecule has 0 unspecified atom stereocenters. The van der Waals surface area contributed by atoms with Crippen molar-refractivity contribution in [2.24, 2.45) is 0 Å². The van der Waals surface area contributed by atoms with Gasteiger partial charge in [0.25, 0.3) is 5.78 Å². The van der Waals surface area contributed by atoms with E-state index in [0.29, 0.717) is 11.8 Å². The maximum absolute atomic E-state index is 12.2. The molecule has 0 aromatic heterocycles. The van der Waals surface area contributed by atoms with Gasteiger partial charge in [-0.2, -0.15) is 13.2 Å². The summed E-state index contributed by atoms with van der Waals surface area (Å²) in [4.78, 5) is 13.6. The summed E-state index contributed by atoms with van der Waals surface area (Å²) in [7, 11) is 3.75. The predicted octanol–water partition coefficient (Wildman–Crippen LogP) is 3.24. The Morgan fingerprint density at radius 1 is 1.37 bits per heavy atom. The van der Waals surface area contributed by atoms with E-state index in [0.717, 1.165) is 22.3 Å². The third-order valence-electron chi connectivity index (χ3n) is 2.50. The number of nitrogens with zero attached hydrogens (tertiary/aromatic N) is 1. The molecule has 0 bridgehead atoms. The third kappa shape index (κ3) is 3.04. The maximum Gasteiger partial charge on any atom is 0.454 e. The quantitative estimate of drug-likeness (QED) is 0.847. The SMILES string of the molecule is CN(C)c1ccc2c(c1)S/C(=C/C(=O)C(F)(F)F)N2. The lowest BCUT2D eigenvalue weighted by Crippen LogP contribution is -2.20. The molecule has 1 aromatic carbocycles. The largest absolute Gasteiger partial charge is 0.454 e. The number of benzene rings is 1. The average molecular weight is 288 g/mol. The Hall–Kier alpha value is -1.63. The van der Waals surface area contributed by atoms with Gasteiger partial charge in [-0.05, 0) is 18.2 Å². The van der Waals surface area contributed by atoms with Crippen molar-refractivity contribution in [2.75, 3.05) is 24.3 Å². The standard InChI is InChI=1S/C12H11F3N2OS/c1-17(2)7-3-4-8-9(5-7)19-11(16-8)6-10(18)12(13,14)15/h3-6,16H,1-2H3/b11-6+. The first-order valence-corrected chi connectivity index (χ1v) is 6.18. The van der Waals surface area contributed by atoms with Crippen LogP contribution in [0.15, 0.2) is 34.2 Å². The Balaban J connectivity index is 2.21. The molecule has 0 saturated heterocycles. The first kappa shape index (κ1) is 13.8. The molecule has 0 atom stereocenters. The molecule has 0 radical (unpaired) electrons. The van der Waals surface area contributed by atoms with Gasteiger partial charge in [0.15, 0.2) is 0 Å². The van der Waals surface area contributed by atoms with Gasteiger partial charge in [-0.25, -0.2) is 0 Å². The molecule has 2 rings (SSSR count). The van der Waals surface area contributed by atoms with Gasteiger partial charge in [0, 0.05) is 30.8 Å². The zero-order chi connectivity index (χ0) is 14.2. The summed E-state index contributed by atoms with van der Waals surface area (Å²) in [5, 5.41) is 2.98. The van der Waals surface area contributed by atoms with Gasteiger partial charge in [0.05, 0.1) is 10.7 Å². The van der Waals surface area contributed by atoms with Gasteiger partial charge >= 0.3 is 6.18 Å². The highest BCUT2D eigenvalue weighted by molar-refractivity contribution is 8.03. The third-order valence-corrected chi connectivity index (χ3v) is 3.50. The molecular weight excluding hydrogens is 277 g/mol. The lowest BCUT2D eigenvalue weighted by Gasteiger charge is -2.12. The summed E-state index contributed by atoms with van der Waals surface area (Å²) >= 11 is 1.11. The summed E-state index contributed by atoms with van der Waals surface area (Å²) < 4.78 is 36.5. The number of ketones is 1. The van der Waals surface area contributed by atoms with Crippen LogP contribution in [0.4, 0.5) is 24.5 Å². The highest BCUT2D eigenvalue weighted by Gasteiger charge is 2.37. The summed E-state index contributed by atoms with van der Waals surface area (Å²) in [6.45, 7) is 0. The number of hydrogen-bond donors (Lipinski definition) is 1. The number of hydrogen-bond acceptors (Lipinski definition) is 4. The van der Waals surface area contributed by atoms with Crippen LogP contribution < -0.4 is 10.2 Å². The Morgan fingerprint density at radius 3 is 2.63 bits per heavy atom. The fraction of sp³-hybridized carbons (Fsp3) is 0.250. The Morgan fingerprint density at radius 2 is 2.05 bits per heavy atom. The second-order valence-corrected chi connectivity index (χ2v) is 5.26. The summed E-state index contributed by atoms with van der Waals surface area (Å²) in [6.07, 6.45) is -4.25. The minimum Gasteiger partial charge on any atom is -0.378 e. The molecular formula is C12H11F3N2OS. The monoisotopic (exact) mass is 288 g/mol. The highest BCUT2D eigenvalue weighted by Crippen LogP contribution is 2.42. The van der Waals surface area contributed by atoms with Crippen LogP contribution in [0.25, 0.3) is 0 Å². The van der Waals surface area contributed by atoms with Crippen molar-refractivity contribution in [3.8, 4) is 0 Å². The van der Waals surface area contributed by atoms with Gasteiger partial charge < -0.3 is 10.2 Å². The van der Waals surface area contributed by atoms with E-state index < -0.39 is 12.0 Å². The first-order valence-electron chi connectivity index (χ1n) is 5.36. The fourth-order valence-corrected chi connectivity index (χ4v) is 2.49. The van der Waals surface area contributed by atoms with E-state index in [-0.39, 0.29) is 5.03 Å². The van der Waals surface area contributed by atoms with E-state index >= 15 is 0 Å². The molecule has 0 aliphatic carbocycles. The van der Waals surface area contributed by atoms with Gasteiger partial charge in [-0.1, -0.05) is 11.8 Å². The molecule has 1 aromatic rings. The molecule has 3 nitrogen and oxygen atoms in total. The maximum atomic E-state index is 12.2. The second kappa shape index (κ2) is 4.80. The molecule has 0 spiro atoms. The molecule has 1 N–H and O–H groups in total. The number of allylic oxidation sites excluding steroid dienone is 1. The van der Waals surface area contributed by atoms with Crippen molar-refractivity contribution < 1.29 is 18.0 Å². The smallest absolute Gasteiger partial charge is 0.378 e. The number of halogens is 3. The number of alkyl halides is 3. The van der Waals surface area contributed by atoms with Crippen molar-refractivity contribution in [1.82, 2.24) is 0 Å². The van der Waals surface area contributed by atoms with Crippen LogP contribution >= 0.6 is 11.8 Å². The lowest BCUT2D eigenvalue weighted by molar-refractivity contribution is -0.165. The lowest BCUT2D eigenvalue weighted by atomic mass is 10.2. The minimum atomic E-state index is -4.83. The number of carbonyl (C=O) groups excluding carboxylic acids is 1. The number of fused-ring (bicyclic) bond motifs is 1. The number of thioether (sulfide) groups is 1. The Bertz CT molecular complexity index is 552. The summed E-state index contributed by atoms with van der Waals surface area (Å²) in [5.74, 6) is -1.86. The Labute approximate surface area is 112 Å². The van der Waals surface area contributed by atoms with Crippen LogP contribution in [0.1, 0.15) is 0 Å². The van der Waals surface area contributed by atoms with E-state index in [1.807, 2.05) is 31.1 Å². The number of rotatable bonds is 2. The zero-order valence-electron chi connectivity index (χ0n) is 10.2. The number of anilines is 2. The van der Waals surface area contributed by atoms with E-state index in [2.05, 4.69) is 5.32 Å². The van der Waals surface area contributed by atoms with Crippen LogP contribution in [-0.2, 0) is 4.79 Å². The first-order chi connectivity index (χ1) is 8.77. The van der Waals surface area contributed by atoms with E-state index in [9.17, 15) is 18.0 Å². The van der Waals surface area contributed by atoms with Gasteiger partial charge in [0.2, 0.25) is 0 Å². The van der Waals surface area contributed by atoms with E-state index in [1.165, 1.54) is 0 Å². The minimum absolute atomic E-state index is 0.188.